The van der Waals surface area contributed by atoms with E-state index >= 15 is 0 Å². The van der Waals surface area contributed by atoms with Crippen LogP contribution in [0.2, 0.25) is 0 Å². The fourth-order valence-corrected chi connectivity index (χ4v) is 2.33. The highest BCUT2D eigenvalue weighted by molar-refractivity contribution is 5.96. The second-order valence-electron chi connectivity index (χ2n) is 4.75. The number of nitrogens with zero attached hydrogens (tertiary/aromatic N) is 3. The molecule has 0 saturated carbocycles. The number of hydrogen-bond acceptors (Lipinski definition) is 3. The molecule has 0 atom stereocenters. The predicted octanol–water partition coefficient (Wildman–Crippen LogP) is 3.64. The van der Waals surface area contributed by atoms with Crippen LogP contribution in [0.15, 0.2) is 42.9 Å². The van der Waals surface area contributed by atoms with Crippen molar-refractivity contribution in [1.29, 1.82) is 0 Å². The number of pyridine rings is 1. The third-order valence-corrected chi connectivity index (χ3v) is 3.29. The summed E-state index contributed by atoms with van der Waals surface area (Å²) in [5.74, 6) is -0.688. The van der Waals surface area contributed by atoms with E-state index in [2.05, 4.69) is 10.1 Å². The van der Waals surface area contributed by atoms with Crippen molar-refractivity contribution in [2.75, 3.05) is 0 Å². The third-order valence-electron chi connectivity index (χ3n) is 3.29. The van der Waals surface area contributed by atoms with E-state index in [4.69, 9.17) is 0 Å². The van der Waals surface area contributed by atoms with Gasteiger partial charge in [0.1, 0.15) is 0 Å². The number of carbonyl (C=O) groups excluding carboxylic acids is 1. The van der Waals surface area contributed by atoms with Crippen LogP contribution in [0.5, 0.6) is 0 Å². The summed E-state index contributed by atoms with van der Waals surface area (Å²) in [6, 6.07) is 6.91. The van der Waals surface area contributed by atoms with E-state index in [1.54, 1.807) is 30.5 Å². The number of Topliss-reactive ketones (excluding diaryl/α,β-unsaturated/α-hetero) is 1. The van der Waals surface area contributed by atoms with Crippen LogP contribution in [-0.2, 0) is 6.18 Å². The smallest absolute Gasteiger partial charge is 0.294 e. The molecule has 0 aliphatic carbocycles. The molecule has 0 spiro atoms. The van der Waals surface area contributed by atoms with Gasteiger partial charge in [0.05, 0.1) is 23.6 Å². The molecule has 7 heteroatoms. The molecule has 2 aromatic heterocycles. The van der Waals surface area contributed by atoms with Crippen molar-refractivity contribution in [3.05, 3.63) is 54.1 Å². The zero-order valence-corrected chi connectivity index (χ0v) is 11.4. The highest BCUT2D eigenvalue weighted by Gasteiger charge is 2.40. The second-order valence-corrected chi connectivity index (χ2v) is 4.75. The minimum atomic E-state index is -4.70. The van der Waals surface area contributed by atoms with Gasteiger partial charge < -0.3 is 0 Å². The first-order valence-electron chi connectivity index (χ1n) is 6.39. The second kappa shape index (κ2) is 4.94. The first kappa shape index (κ1) is 14.2. The van der Waals surface area contributed by atoms with Crippen LogP contribution in [0.4, 0.5) is 13.2 Å². The number of fused-ring (bicyclic) bond motifs is 1. The maximum Gasteiger partial charge on any atom is 0.434 e. The Balaban J connectivity index is 2.35. The number of rotatable bonds is 2. The zero-order valence-electron chi connectivity index (χ0n) is 11.4. The van der Waals surface area contributed by atoms with Gasteiger partial charge >= 0.3 is 6.18 Å². The molecule has 2 heterocycles. The maximum absolute atomic E-state index is 13.4. The molecule has 3 rings (SSSR count). The summed E-state index contributed by atoms with van der Waals surface area (Å²) in [5, 5.41) is 5.02. The molecule has 22 heavy (non-hydrogen) atoms. The Morgan fingerprint density at radius 2 is 1.86 bits per heavy atom. The van der Waals surface area contributed by atoms with Gasteiger partial charge in [0.25, 0.3) is 0 Å². The van der Waals surface area contributed by atoms with Crippen molar-refractivity contribution in [2.24, 2.45) is 0 Å². The normalized spacial score (nSPS) is 11.8. The Bertz CT molecular complexity index is 863. The fraction of sp³-hybridized carbons (Fsp3) is 0.133. The molecule has 0 saturated heterocycles. The van der Waals surface area contributed by atoms with E-state index in [-0.39, 0.29) is 5.69 Å². The molecule has 112 valence electrons. The molecule has 0 amide bonds. The molecule has 0 bridgehead atoms. The van der Waals surface area contributed by atoms with E-state index in [0.717, 1.165) is 17.8 Å². The van der Waals surface area contributed by atoms with Crippen molar-refractivity contribution in [1.82, 2.24) is 14.8 Å². The van der Waals surface area contributed by atoms with E-state index in [9.17, 15) is 18.0 Å². The molecular weight excluding hydrogens is 295 g/mol. The summed E-state index contributed by atoms with van der Waals surface area (Å²) in [5.41, 5.74) is -1.36. The number of alkyl halides is 3. The molecule has 0 aliphatic heterocycles. The highest BCUT2D eigenvalue weighted by Crippen LogP contribution is 2.35. The van der Waals surface area contributed by atoms with E-state index in [1.165, 1.54) is 6.20 Å². The SMILES string of the molecule is CC(=O)c1cnn(-c2cncc3ccccc23)c1C(F)(F)F. The Morgan fingerprint density at radius 3 is 2.55 bits per heavy atom. The van der Waals surface area contributed by atoms with Gasteiger partial charge in [-0.2, -0.15) is 18.3 Å². The van der Waals surface area contributed by atoms with Crippen LogP contribution in [0.1, 0.15) is 23.0 Å². The van der Waals surface area contributed by atoms with Crippen LogP contribution in [0, 0.1) is 0 Å². The molecular formula is C15H10F3N3O. The molecule has 0 fully saturated rings. The van der Waals surface area contributed by atoms with E-state index in [1.807, 2.05) is 0 Å². The van der Waals surface area contributed by atoms with E-state index in [0.29, 0.717) is 10.8 Å². The quantitative estimate of drug-likeness (QED) is 0.679. The largest absolute Gasteiger partial charge is 0.434 e. The first-order chi connectivity index (χ1) is 10.4. The van der Waals surface area contributed by atoms with Gasteiger partial charge in [-0.05, 0) is 6.92 Å². The first-order valence-corrected chi connectivity index (χ1v) is 6.39. The molecule has 0 N–H and O–H groups in total. The number of carbonyl (C=O) groups is 1. The maximum atomic E-state index is 13.4. The van der Waals surface area contributed by atoms with Gasteiger partial charge in [-0.25, -0.2) is 4.68 Å². The Labute approximate surface area is 123 Å². The third kappa shape index (κ3) is 2.24. The number of aromatic nitrogens is 3. The summed E-state index contributed by atoms with van der Waals surface area (Å²) in [4.78, 5) is 15.4. The summed E-state index contributed by atoms with van der Waals surface area (Å²) in [6.45, 7) is 1.08. The number of benzene rings is 1. The Kier molecular flexibility index (Phi) is 3.20. The van der Waals surface area contributed by atoms with Crippen LogP contribution in [-0.4, -0.2) is 20.5 Å². The van der Waals surface area contributed by atoms with Crippen molar-refractivity contribution in [2.45, 2.75) is 13.1 Å². The van der Waals surface area contributed by atoms with Crippen molar-refractivity contribution in [3.8, 4) is 5.69 Å². The average Bonchev–Trinajstić information content (AvgIpc) is 2.91. The van der Waals surface area contributed by atoms with Gasteiger partial charge in [0.15, 0.2) is 11.5 Å². The van der Waals surface area contributed by atoms with Gasteiger partial charge in [-0.3, -0.25) is 9.78 Å². The molecule has 3 aromatic rings. The molecule has 4 nitrogen and oxygen atoms in total. The lowest BCUT2D eigenvalue weighted by molar-refractivity contribution is -0.143. The van der Waals surface area contributed by atoms with Gasteiger partial charge in [-0.1, -0.05) is 24.3 Å². The van der Waals surface area contributed by atoms with Crippen LogP contribution >= 0.6 is 0 Å². The minimum Gasteiger partial charge on any atom is -0.294 e. The lowest BCUT2D eigenvalue weighted by Gasteiger charge is -2.13. The lowest BCUT2D eigenvalue weighted by Crippen LogP contribution is -2.17. The zero-order chi connectivity index (χ0) is 15.9. The number of hydrogen-bond donors (Lipinski definition) is 0. The minimum absolute atomic E-state index is 0.179. The Morgan fingerprint density at radius 1 is 1.14 bits per heavy atom. The van der Waals surface area contributed by atoms with Crippen molar-refractivity contribution >= 4 is 16.6 Å². The molecule has 0 unspecified atom stereocenters. The fourth-order valence-electron chi connectivity index (χ4n) is 2.33. The van der Waals surface area contributed by atoms with Gasteiger partial charge in [-0.15, -0.1) is 0 Å². The standard InChI is InChI=1S/C15H10F3N3O/c1-9(22)12-7-20-21(14(12)15(16,17)18)13-8-19-6-10-4-2-3-5-11(10)13/h2-8H,1H3. The number of ketones is 1. The Hall–Kier alpha value is -2.70. The summed E-state index contributed by atoms with van der Waals surface area (Å²) < 4.78 is 40.8. The van der Waals surface area contributed by atoms with Crippen LogP contribution in [0.25, 0.3) is 16.5 Å². The van der Waals surface area contributed by atoms with Gasteiger partial charge in [0.2, 0.25) is 0 Å². The molecule has 0 aliphatic rings. The molecule has 0 radical (unpaired) electrons. The monoisotopic (exact) mass is 305 g/mol. The summed E-state index contributed by atoms with van der Waals surface area (Å²) >= 11 is 0. The molecule has 1 aromatic carbocycles. The van der Waals surface area contributed by atoms with Gasteiger partial charge in [0, 0.05) is 17.0 Å². The predicted molar refractivity (Wildman–Crippen MR) is 73.9 cm³/mol. The van der Waals surface area contributed by atoms with E-state index < -0.39 is 23.2 Å². The van der Waals surface area contributed by atoms with Crippen molar-refractivity contribution < 1.29 is 18.0 Å². The topological polar surface area (TPSA) is 47.8 Å². The summed E-state index contributed by atoms with van der Waals surface area (Å²) in [7, 11) is 0. The number of halogens is 3. The van der Waals surface area contributed by atoms with Crippen LogP contribution < -0.4 is 0 Å². The summed E-state index contributed by atoms with van der Waals surface area (Å²) in [6.07, 6.45) is -0.905. The van der Waals surface area contributed by atoms with Crippen LogP contribution in [0.3, 0.4) is 0 Å². The highest BCUT2D eigenvalue weighted by atomic mass is 19.4. The van der Waals surface area contributed by atoms with Crippen molar-refractivity contribution in [3.63, 3.8) is 0 Å². The average molecular weight is 305 g/mol. The lowest BCUT2D eigenvalue weighted by atomic mass is 10.1.